The van der Waals surface area contributed by atoms with Gasteiger partial charge in [-0.1, -0.05) is 35.1 Å². The number of nitrogens with zero attached hydrogens (tertiary/aromatic N) is 2. The Kier molecular flexibility index (Phi) is 4.48. The fourth-order valence-electron chi connectivity index (χ4n) is 1.89. The van der Waals surface area contributed by atoms with Crippen molar-refractivity contribution in [2.75, 3.05) is 18.4 Å². The predicted molar refractivity (Wildman–Crippen MR) is 84.6 cm³/mol. The summed E-state index contributed by atoms with van der Waals surface area (Å²) in [5.74, 6) is 0.665. The standard InChI is InChI=1S/C14H15ClN4OS/c15-11-3-1-2-10(6-11)13-18-19-14(21-13)17-12(20)8-16-7-9-4-5-9/h1-3,6,9,16H,4-5,7-8H2,(H,17,19,20). The van der Waals surface area contributed by atoms with Gasteiger partial charge >= 0.3 is 0 Å². The largest absolute Gasteiger partial charge is 0.308 e. The van der Waals surface area contributed by atoms with Gasteiger partial charge in [0, 0.05) is 10.6 Å². The second-order valence-electron chi connectivity index (χ2n) is 5.05. The van der Waals surface area contributed by atoms with Crippen LogP contribution in [0.2, 0.25) is 5.02 Å². The minimum absolute atomic E-state index is 0.0931. The molecule has 0 aliphatic heterocycles. The van der Waals surface area contributed by atoms with Crippen LogP contribution in [-0.4, -0.2) is 29.2 Å². The fraction of sp³-hybridized carbons (Fsp3) is 0.357. The summed E-state index contributed by atoms with van der Waals surface area (Å²) >= 11 is 7.29. The van der Waals surface area contributed by atoms with Gasteiger partial charge in [0.05, 0.1) is 6.54 Å². The second kappa shape index (κ2) is 6.51. The second-order valence-corrected chi connectivity index (χ2v) is 6.46. The third-order valence-electron chi connectivity index (χ3n) is 3.16. The van der Waals surface area contributed by atoms with E-state index in [0.29, 0.717) is 16.7 Å². The third-order valence-corrected chi connectivity index (χ3v) is 4.28. The molecule has 7 heteroatoms. The molecule has 0 saturated heterocycles. The highest BCUT2D eigenvalue weighted by molar-refractivity contribution is 7.18. The van der Waals surface area contributed by atoms with Crippen molar-refractivity contribution < 1.29 is 4.79 Å². The summed E-state index contributed by atoms with van der Waals surface area (Å²) < 4.78 is 0. The normalized spacial score (nSPS) is 14.1. The van der Waals surface area contributed by atoms with Gasteiger partial charge < -0.3 is 5.32 Å². The van der Waals surface area contributed by atoms with Crippen molar-refractivity contribution in [3.05, 3.63) is 29.3 Å². The van der Waals surface area contributed by atoms with E-state index in [2.05, 4.69) is 20.8 Å². The SMILES string of the molecule is O=C(CNCC1CC1)Nc1nnc(-c2cccc(Cl)c2)s1. The molecular weight excluding hydrogens is 308 g/mol. The number of carbonyl (C=O) groups is 1. The van der Waals surface area contributed by atoms with Gasteiger partial charge in [0.25, 0.3) is 0 Å². The molecule has 2 aromatic rings. The van der Waals surface area contributed by atoms with Crippen molar-refractivity contribution in [2.45, 2.75) is 12.8 Å². The van der Waals surface area contributed by atoms with Gasteiger partial charge in [-0.15, -0.1) is 10.2 Å². The van der Waals surface area contributed by atoms with E-state index in [1.54, 1.807) is 6.07 Å². The van der Waals surface area contributed by atoms with Crippen LogP contribution in [0.1, 0.15) is 12.8 Å². The quantitative estimate of drug-likeness (QED) is 0.858. The summed E-state index contributed by atoms with van der Waals surface area (Å²) in [6.07, 6.45) is 2.54. The molecule has 21 heavy (non-hydrogen) atoms. The van der Waals surface area contributed by atoms with Gasteiger partial charge in [0.1, 0.15) is 5.01 Å². The number of carbonyl (C=O) groups excluding carboxylic acids is 1. The van der Waals surface area contributed by atoms with Crippen LogP contribution in [0.15, 0.2) is 24.3 Å². The summed E-state index contributed by atoms with van der Waals surface area (Å²) in [6, 6.07) is 7.40. The summed E-state index contributed by atoms with van der Waals surface area (Å²) in [6.45, 7) is 1.22. The molecular formula is C14H15ClN4OS. The van der Waals surface area contributed by atoms with E-state index in [9.17, 15) is 4.79 Å². The lowest BCUT2D eigenvalue weighted by atomic mass is 10.2. The van der Waals surface area contributed by atoms with Gasteiger partial charge in [-0.3, -0.25) is 10.1 Å². The number of hydrogen-bond donors (Lipinski definition) is 2. The number of benzene rings is 1. The Morgan fingerprint density at radius 1 is 1.38 bits per heavy atom. The van der Waals surface area contributed by atoms with Crippen molar-refractivity contribution in [3.63, 3.8) is 0 Å². The number of amides is 1. The molecule has 1 aromatic heterocycles. The number of rotatable bonds is 6. The van der Waals surface area contributed by atoms with Crippen molar-refractivity contribution in [2.24, 2.45) is 5.92 Å². The molecule has 1 fully saturated rings. The van der Waals surface area contributed by atoms with E-state index in [-0.39, 0.29) is 5.91 Å². The number of aromatic nitrogens is 2. The lowest BCUT2D eigenvalue weighted by Crippen LogP contribution is -2.29. The fourth-order valence-corrected chi connectivity index (χ4v) is 2.83. The summed E-state index contributed by atoms with van der Waals surface area (Å²) in [7, 11) is 0. The third kappa shape index (κ3) is 4.23. The maximum Gasteiger partial charge on any atom is 0.240 e. The lowest BCUT2D eigenvalue weighted by Gasteiger charge is -2.02. The molecule has 1 saturated carbocycles. The molecule has 1 aromatic carbocycles. The molecule has 0 bridgehead atoms. The summed E-state index contributed by atoms with van der Waals surface area (Å²) in [4.78, 5) is 11.8. The maximum absolute atomic E-state index is 11.8. The van der Waals surface area contributed by atoms with E-state index in [1.807, 2.05) is 18.2 Å². The van der Waals surface area contributed by atoms with Crippen LogP contribution in [0.25, 0.3) is 10.6 Å². The Labute approximate surface area is 131 Å². The first-order valence-electron chi connectivity index (χ1n) is 6.81. The van der Waals surface area contributed by atoms with Crippen molar-refractivity contribution in [1.29, 1.82) is 0 Å². The molecule has 0 atom stereocenters. The molecule has 1 aliphatic rings. The zero-order valence-electron chi connectivity index (χ0n) is 11.3. The van der Waals surface area contributed by atoms with Gasteiger partial charge in [-0.2, -0.15) is 0 Å². The Hall–Kier alpha value is -1.50. The average Bonchev–Trinajstić information content (AvgIpc) is 3.16. The highest BCUT2D eigenvalue weighted by Gasteiger charge is 2.20. The predicted octanol–water partition coefficient (Wildman–Crippen LogP) is 2.80. The van der Waals surface area contributed by atoms with Gasteiger partial charge in [-0.05, 0) is 37.4 Å². The first kappa shape index (κ1) is 14.4. The molecule has 5 nitrogen and oxygen atoms in total. The van der Waals surface area contributed by atoms with Gasteiger partial charge in [0.15, 0.2) is 0 Å². The Morgan fingerprint density at radius 3 is 3.00 bits per heavy atom. The molecule has 1 amide bonds. The zero-order valence-corrected chi connectivity index (χ0v) is 12.9. The topological polar surface area (TPSA) is 66.9 Å². The average molecular weight is 323 g/mol. The van der Waals surface area contributed by atoms with E-state index >= 15 is 0 Å². The molecule has 3 rings (SSSR count). The molecule has 2 N–H and O–H groups in total. The van der Waals surface area contributed by atoms with Crippen molar-refractivity contribution >= 4 is 34.0 Å². The number of halogens is 1. The van der Waals surface area contributed by atoms with Crippen LogP contribution in [0.4, 0.5) is 5.13 Å². The molecule has 110 valence electrons. The van der Waals surface area contributed by atoms with E-state index in [1.165, 1.54) is 24.2 Å². The van der Waals surface area contributed by atoms with Crippen LogP contribution in [0.5, 0.6) is 0 Å². The van der Waals surface area contributed by atoms with Crippen LogP contribution in [-0.2, 0) is 4.79 Å². The molecule has 1 aliphatic carbocycles. The van der Waals surface area contributed by atoms with Crippen LogP contribution in [0.3, 0.4) is 0 Å². The highest BCUT2D eigenvalue weighted by atomic mass is 35.5. The first-order chi connectivity index (χ1) is 10.2. The maximum atomic E-state index is 11.8. The molecule has 0 spiro atoms. The van der Waals surface area contributed by atoms with E-state index < -0.39 is 0 Å². The van der Waals surface area contributed by atoms with E-state index in [0.717, 1.165) is 23.0 Å². The number of hydrogen-bond acceptors (Lipinski definition) is 5. The monoisotopic (exact) mass is 322 g/mol. The van der Waals surface area contributed by atoms with Gasteiger partial charge in [0.2, 0.25) is 11.0 Å². The summed E-state index contributed by atoms with van der Waals surface area (Å²) in [5, 5.41) is 15.8. The Balaban J connectivity index is 1.55. The van der Waals surface area contributed by atoms with Crippen molar-refractivity contribution in [3.8, 4) is 10.6 Å². The number of anilines is 1. The minimum Gasteiger partial charge on any atom is -0.308 e. The van der Waals surface area contributed by atoms with Crippen LogP contribution < -0.4 is 10.6 Å². The molecule has 0 radical (unpaired) electrons. The minimum atomic E-state index is -0.0931. The van der Waals surface area contributed by atoms with Crippen molar-refractivity contribution in [1.82, 2.24) is 15.5 Å². The van der Waals surface area contributed by atoms with Crippen LogP contribution >= 0.6 is 22.9 Å². The Bertz CT molecular complexity index is 641. The highest BCUT2D eigenvalue weighted by Crippen LogP contribution is 2.28. The zero-order chi connectivity index (χ0) is 14.7. The molecule has 0 unspecified atom stereocenters. The smallest absolute Gasteiger partial charge is 0.240 e. The van der Waals surface area contributed by atoms with Gasteiger partial charge in [-0.25, -0.2) is 0 Å². The number of nitrogens with one attached hydrogen (secondary N) is 2. The van der Waals surface area contributed by atoms with Crippen LogP contribution in [0, 0.1) is 5.92 Å². The van der Waals surface area contributed by atoms with E-state index in [4.69, 9.17) is 11.6 Å². The first-order valence-corrected chi connectivity index (χ1v) is 8.00. The lowest BCUT2D eigenvalue weighted by molar-refractivity contribution is -0.115. The summed E-state index contributed by atoms with van der Waals surface area (Å²) in [5.41, 5.74) is 0.896. The molecule has 1 heterocycles. The Morgan fingerprint density at radius 2 is 2.24 bits per heavy atom.